The molecule has 0 heterocycles. The first-order valence-electron chi connectivity index (χ1n) is 6.86. The van der Waals surface area contributed by atoms with Crippen LogP contribution in [-0.2, 0) is 4.74 Å². The van der Waals surface area contributed by atoms with E-state index >= 15 is 0 Å². The SMILES string of the molecule is CC(C)NC(C)(C#N)COC1CCCCCC1. The first-order chi connectivity index (χ1) is 8.06. The summed E-state index contributed by atoms with van der Waals surface area (Å²) in [6, 6.07) is 2.63. The van der Waals surface area contributed by atoms with Crippen LogP contribution in [0.15, 0.2) is 0 Å². The normalized spacial score (nSPS) is 21.8. The lowest BCUT2D eigenvalue weighted by molar-refractivity contribution is 0.0171. The van der Waals surface area contributed by atoms with E-state index in [1.807, 2.05) is 6.92 Å². The maximum absolute atomic E-state index is 9.23. The van der Waals surface area contributed by atoms with Crippen LogP contribution in [0.25, 0.3) is 0 Å². The maximum atomic E-state index is 9.23. The zero-order valence-electron chi connectivity index (χ0n) is 11.5. The van der Waals surface area contributed by atoms with Crippen LogP contribution in [0.5, 0.6) is 0 Å². The number of nitrogens with one attached hydrogen (secondary N) is 1. The van der Waals surface area contributed by atoms with E-state index in [9.17, 15) is 5.26 Å². The second-order valence-corrected chi connectivity index (χ2v) is 5.67. The molecule has 0 aromatic rings. The first kappa shape index (κ1) is 14.5. The van der Waals surface area contributed by atoms with Gasteiger partial charge in [-0.2, -0.15) is 5.26 Å². The fourth-order valence-corrected chi connectivity index (χ4v) is 2.44. The average molecular weight is 238 g/mol. The number of ether oxygens (including phenoxy) is 1. The molecule has 17 heavy (non-hydrogen) atoms. The van der Waals surface area contributed by atoms with Gasteiger partial charge in [0.05, 0.1) is 18.8 Å². The van der Waals surface area contributed by atoms with Crippen LogP contribution >= 0.6 is 0 Å². The van der Waals surface area contributed by atoms with Gasteiger partial charge in [-0.1, -0.05) is 25.7 Å². The number of nitrogens with zero attached hydrogens (tertiary/aromatic N) is 1. The highest BCUT2D eigenvalue weighted by Crippen LogP contribution is 2.21. The van der Waals surface area contributed by atoms with Crippen LogP contribution in [0.3, 0.4) is 0 Å². The van der Waals surface area contributed by atoms with Crippen molar-refractivity contribution < 1.29 is 4.74 Å². The monoisotopic (exact) mass is 238 g/mol. The van der Waals surface area contributed by atoms with E-state index in [4.69, 9.17) is 4.74 Å². The van der Waals surface area contributed by atoms with E-state index in [-0.39, 0.29) is 0 Å². The van der Waals surface area contributed by atoms with Crippen LogP contribution in [-0.4, -0.2) is 24.3 Å². The molecule has 0 amide bonds. The van der Waals surface area contributed by atoms with E-state index in [2.05, 4.69) is 25.2 Å². The van der Waals surface area contributed by atoms with E-state index < -0.39 is 5.54 Å². The van der Waals surface area contributed by atoms with E-state index in [0.717, 1.165) is 12.8 Å². The lowest BCUT2D eigenvalue weighted by atomic mass is 10.0. The zero-order chi connectivity index (χ0) is 12.7. The molecule has 0 radical (unpaired) electrons. The Bertz CT molecular complexity index is 251. The summed E-state index contributed by atoms with van der Waals surface area (Å²) in [4.78, 5) is 0. The molecular formula is C14H26N2O. The lowest BCUT2D eigenvalue weighted by Gasteiger charge is -2.28. The Labute approximate surface area is 106 Å². The standard InChI is InChI=1S/C14H26N2O/c1-12(2)16-14(3,10-15)11-17-13-8-6-4-5-7-9-13/h12-13,16H,4-9,11H2,1-3H3. The number of nitriles is 1. The Balaban J connectivity index is 2.38. The average Bonchev–Trinajstić information content (AvgIpc) is 2.54. The number of hydrogen-bond donors (Lipinski definition) is 1. The van der Waals surface area contributed by atoms with Gasteiger partial charge in [-0.15, -0.1) is 0 Å². The fraction of sp³-hybridized carbons (Fsp3) is 0.929. The Hall–Kier alpha value is -0.590. The van der Waals surface area contributed by atoms with Gasteiger partial charge in [-0.05, 0) is 33.6 Å². The van der Waals surface area contributed by atoms with Gasteiger partial charge in [0.15, 0.2) is 0 Å². The summed E-state index contributed by atoms with van der Waals surface area (Å²) < 4.78 is 5.93. The summed E-state index contributed by atoms with van der Waals surface area (Å²) in [5, 5.41) is 12.5. The molecule has 1 aliphatic carbocycles. The van der Waals surface area contributed by atoms with E-state index in [0.29, 0.717) is 18.8 Å². The van der Waals surface area contributed by atoms with Crippen molar-refractivity contribution in [1.82, 2.24) is 5.32 Å². The van der Waals surface area contributed by atoms with Gasteiger partial charge in [0.1, 0.15) is 5.54 Å². The minimum atomic E-state index is -0.555. The van der Waals surface area contributed by atoms with E-state index in [1.165, 1.54) is 25.7 Å². The summed E-state index contributed by atoms with van der Waals surface area (Å²) in [7, 11) is 0. The summed E-state index contributed by atoms with van der Waals surface area (Å²) in [6.07, 6.45) is 7.88. The molecule has 1 N–H and O–H groups in total. The zero-order valence-corrected chi connectivity index (χ0v) is 11.5. The van der Waals surface area contributed by atoms with Gasteiger partial charge in [-0.25, -0.2) is 0 Å². The van der Waals surface area contributed by atoms with Crippen molar-refractivity contribution in [3.8, 4) is 6.07 Å². The molecule has 0 aliphatic heterocycles. The molecule has 3 nitrogen and oxygen atoms in total. The van der Waals surface area contributed by atoms with E-state index in [1.54, 1.807) is 0 Å². The molecule has 1 rings (SSSR count). The van der Waals surface area contributed by atoms with Gasteiger partial charge >= 0.3 is 0 Å². The highest BCUT2D eigenvalue weighted by atomic mass is 16.5. The van der Waals surface area contributed by atoms with Crippen molar-refractivity contribution >= 4 is 0 Å². The molecule has 1 unspecified atom stereocenters. The van der Waals surface area contributed by atoms with Crippen LogP contribution < -0.4 is 5.32 Å². The summed E-state index contributed by atoms with van der Waals surface area (Å²) in [5.74, 6) is 0. The molecule has 0 spiro atoms. The Morgan fingerprint density at radius 1 is 1.29 bits per heavy atom. The van der Waals surface area contributed by atoms with Gasteiger partial charge in [0, 0.05) is 6.04 Å². The van der Waals surface area contributed by atoms with Gasteiger partial charge < -0.3 is 4.74 Å². The van der Waals surface area contributed by atoms with Crippen molar-refractivity contribution in [2.75, 3.05) is 6.61 Å². The van der Waals surface area contributed by atoms with Crippen LogP contribution in [0.4, 0.5) is 0 Å². The highest BCUT2D eigenvalue weighted by molar-refractivity contribution is 5.04. The molecule has 1 fully saturated rings. The molecule has 1 atom stereocenters. The Morgan fingerprint density at radius 2 is 1.88 bits per heavy atom. The van der Waals surface area contributed by atoms with Crippen molar-refractivity contribution in [2.45, 2.75) is 77.0 Å². The molecule has 0 aromatic heterocycles. The third-order valence-electron chi connectivity index (χ3n) is 3.26. The second kappa shape index (κ2) is 6.98. The molecule has 0 saturated heterocycles. The van der Waals surface area contributed by atoms with Crippen molar-refractivity contribution in [2.24, 2.45) is 0 Å². The minimum Gasteiger partial charge on any atom is -0.375 e. The molecule has 98 valence electrons. The molecule has 3 heteroatoms. The highest BCUT2D eigenvalue weighted by Gasteiger charge is 2.26. The summed E-state index contributed by atoms with van der Waals surface area (Å²) in [6.45, 7) is 6.53. The van der Waals surface area contributed by atoms with Crippen LogP contribution in [0.2, 0.25) is 0 Å². The minimum absolute atomic E-state index is 0.303. The smallest absolute Gasteiger partial charge is 0.127 e. The molecule has 0 bridgehead atoms. The maximum Gasteiger partial charge on any atom is 0.127 e. The van der Waals surface area contributed by atoms with Crippen LogP contribution in [0.1, 0.15) is 59.3 Å². The number of rotatable bonds is 5. The van der Waals surface area contributed by atoms with Gasteiger partial charge in [0.2, 0.25) is 0 Å². The van der Waals surface area contributed by atoms with Gasteiger partial charge in [-0.3, -0.25) is 5.32 Å². The third kappa shape index (κ3) is 5.52. The summed E-state index contributed by atoms with van der Waals surface area (Å²) in [5.41, 5.74) is -0.555. The lowest BCUT2D eigenvalue weighted by Crippen LogP contribution is -2.49. The van der Waals surface area contributed by atoms with Gasteiger partial charge in [0.25, 0.3) is 0 Å². The summed E-state index contributed by atoms with van der Waals surface area (Å²) >= 11 is 0. The van der Waals surface area contributed by atoms with Crippen molar-refractivity contribution in [3.63, 3.8) is 0 Å². The largest absolute Gasteiger partial charge is 0.375 e. The first-order valence-corrected chi connectivity index (χ1v) is 6.86. The third-order valence-corrected chi connectivity index (χ3v) is 3.26. The molecule has 1 saturated carbocycles. The molecular weight excluding hydrogens is 212 g/mol. The molecule has 0 aromatic carbocycles. The molecule has 1 aliphatic rings. The predicted molar refractivity (Wildman–Crippen MR) is 69.7 cm³/mol. The second-order valence-electron chi connectivity index (χ2n) is 5.67. The predicted octanol–water partition coefficient (Wildman–Crippen LogP) is 3.01. The Kier molecular flexibility index (Phi) is 5.94. The van der Waals surface area contributed by atoms with Crippen molar-refractivity contribution in [3.05, 3.63) is 0 Å². The number of hydrogen-bond acceptors (Lipinski definition) is 3. The Morgan fingerprint density at radius 3 is 2.35 bits per heavy atom. The topological polar surface area (TPSA) is 45.0 Å². The quantitative estimate of drug-likeness (QED) is 0.749. The fourth-order valence-electron chi connectivity index (χ4n) is 2.44. The van der Waals surface area contributed by atoms with Crippen molar-refractivity contribution in [1.29, 1.82) is 5.26 Å². The van der Waals surface area contributed by atoms with Crippen LogP contribution in [0, 0.1) is 11.3 Å².